The van der Waals surface area contributed by atoms with Crippen molar-refractivity contribution in [3.8, 4) is 22.4 Å². The Kier molecular flexibility index (Phi) is 24.4. The van der Waals surface area contributed by atoms with Crippen molar-refractivity contribution >= 4 is 170 Å². The molecular formula is C108H70FIr5N11-4. The quantitative estimate of drug-likeness (QED) is 0.0999. The molecule has 1 aliphatic rings. The molecule has 613 valence electrons. The third-order valence-corrected chi connectivity index (χ3v) is 23.2. The topological polar surface area (TPSA) is 90.4 Å². The first-order valence-corrected chi connectivity index (χ1v) is 40.3. The summed E-state index contributed by atoms with van der Waals surface area (Å²) in [5.74, 6) is 0.224. The van der Waals surface area contributed by atoms with Crippen molar-refractivity contribution in [2.45, 2.75) is 26.3 Å². The zero-order valence-electron chi connectivity index (χ0n) is 67.0. The maximum absolute atomic E-state index is 13.4. The number of halogens is 1. The van der Waals surface area contributed by atoms with E-state index in [1.807, 2.05) is 132 Å². The molecule has 0 saturated heterocycles. The van der Waals surface area contributed by atoms with Gasteiger partial charge in [-0.2, -0.15) is 4.40 Å². The summed E-state index contributed by atoms with van der Waals surface area (Å²) in [6.45, 7) is 5.43. The number of hydrogen-bond acceptors (Lipinski definition) is 5. The van der Waals surface area contributed by atoms with E-state index >= 15 is 0 Å². The minimum Gasteiger partial charge on any atom is -0.340 e. The average Bonchev–Trinajstić information content (AvgIpc) is 1.53. The molecule has 0 spiro atoms. The van der Waals surface area contributed by atoms with E-state index in [2.05, 4.69) is 300 Å². The van der Waals surface area contributed by atoms with Crippen LogP contribution >= 0.6 is 0 Å². The summed E-state index contributed by atoms with van der Waals surface area (Å²) in [6, 6.07) is 132. The van der Waals surface area contributed by atoms with E-state index in [4.69, 9.17) is 9.97 Å². The molecule has 0 bridgehead atoms. The van der Waals surface area contributed by atoms with Crippen LogP contribution in [0.25, 0.3) is 192 Å². The van der Waals surface area contributed by atoms with Crippen LogP contribution in [0.5, 0.6) is 0 Å². The van der Waals surface area contributed by atoms with E-state index in [0.717, 1.165) is 94.8 Å². The first-order valence-electron chi connectivity index (χ1n) is 40.3. The Morgan fingerprint density at radius 2 is 0.808 bits per heavy atom. The van der Waals surface area contributed by atoms with Crippen LogP contribution in [0.4, 0.5) is 4.39 Å². The summed E-state index contributed by atoms with van der Waals surface area (Å²) in [6.07, 6.45) is 9.30. The average molecular weight is 2500 g/mol. The van der Waals surface area contributed by atoms with Gasteiger partial charge in [-0.05, 0) is 117 Å². The molecule has 11 aromatic heterocycles. The van der Waals surface area contributed by atoms with Gasteiger partial charge in [-0.3, -0.25) is 24.3 Å². The second-order valence-corrected chi connectivity index (χ2v) is 30.4. The van der Waals surface area contributed by atoms with Crippen molar-refractivity contribution in [2.24, 2.45) is 0 Å². The Morgan fingerprint density at radius 3 is 1.40 bits per heavy atom. The SMILES string of the molecule is CC(C)c1ccc2nc3c4[c-]cccc4c4ccccc4n3c2c1.Fc1c[c-]c2c(c1)c1ccccc1n1ccnc21.[Ir].[Ir].[Ir].[Ir].[Ir].[c-]1ccc(-c2ccccc2)cc1-c1ccccn1.[c-]1cccc2c1c1nc3ccccc3n1c1ccccc21.[c-]1cccc2c1c1nccn1c1ccccc21.c1cc2c3c(c1)c1ccccc1n1c4ccccc4[n+](c31)C2. The number of imidazole rings is 5. The van der Waals surface area contributed by atoms with Gasteiger partial charge in [0.25, 0.3) is 5.65 Å². The van der Waals surface area contributed by atoms with Crippen molar-refractivity contribution in [3.05, 3.63) is 418 Å². The van der Waals surface area contributed by atoms with Crippen LogP contribution in [0.3, 0.4) is 0 Å². The van der Waals surface area contributed by atoms with Gasteiger partial charge in [-0.1, -0.05) is 223 Å². The predicted molar refractivity (Wildman–Crippen MR) is 488 cm³/mol. The van der Waals surface area contributed by atoms with E-state index in [-0.39, 0.29) is 106 Å². The zero-order chi connectivity index (χ0) is 79.9. The molecule has 5 radical (unpaired) electrons. The van der Waals surface area contributed by atoms with Crippen molar-refractivity contribution in [2.75, 3.05) is 0 Å². The molecule has 0 atom stereocenters. The first kappa shape index (κ1) is 84.7. The fourth-order valence-corrected chi connectivity index (χ4v) is 17.8. The maximum Gasteiger partial charge on any atom is 0.296 e. The van der Waals surface area contributed by atoms with Crippen LogP contribution in [0.2, 0.25) is 0 Å². The molecule has 17 heteroatoms. The Balaban J connectivity index is 0.000000106. The van der Waals surface area contributed by atoms with Gasteiger partial charge in [-0.15, -0.1) is 143 Å². The number of hydrogen-bond donors (Lipinski definition) is 0. The van der Waals surface area contributed by atoms with Crippen molar-refractivity contribution in [1.29, 1.82) is 0 Å². The molecule has 0 N–H and O–H groups in total. The van der Waals surface area contributed by atoms with Crippen molar-refractivity contribution < 1.29 is 109 Å². The van der Waals surface area contributed by atoms with Crippen molar-refractivity contribution in [3.63, 3.8) is 0 Å². The fourth-order valence-electron chi connectivity index (χ4n) is 17.8. The van der Waals surface area contributed by atoms with Gasteiger partial charge in [0, 0.05) is 176 Å². The Hall–Kier alpha value is -12.5. The van der Waals surface area contributed by atoms with Crippen LogP contribution in [-0.2, 0) is 107 Å². The molecule has 15 aromatic carbocycles. The molecule has 11 nitrogen and oxygen atoms in total. The van der Waals surface area contributed by atoms with Gasteiger partial charge in [0.1, 0.15) is 12.1 Å². The number of rotatable bonds is 3. The Labute approximate surface area is 785 Å². The largest absolute Gasteiger partial charge is 0.340 e. The van der Waals surface area contributed by atoms with Crippen LogP contribution in [0.15, 0.2) is 371 Å². The van der Waals surface area contributed by atoms with Gasteiger partial charge >= 0.3 is 0 Å². The number of para-hydroxylation sites is 9. The minimum absolute atomic E-state index is 0. The Bertz CT molecular complexity index is 8440. The number of nitrogens with zero attached hydrogens (tertiary/aromatic N) is 11. The molecule has 125 heavy (non-hydrogen) atoms. The normalized spacial score (nSPS) is 11.4. The predicted octanol–water partition coefficient (Wildman–Crippen LogP) is 25.6. The van der Waals surface area contributed by atoms with Crippen LogP contribution in [0.1, 0.15) is 30.9 Å². The summed E-state index contributed by atoms with van der Waals surface area (Å²) >= 11 is 0. The van der Waals surface area contributed by atoms with Gasteiger partial charge in [0.15, 0.2) is 11.0 Å². The summed E-state index contributed by atoms with van der Waals surface area (Å²) in [4.78, 5) is 22.9. The standard InChI is InChI=1S/C22H17N2.C20H13N2.C19H11N2.C17H12N.C15H8FN2.C15H9N2.5Ir/c1-14(2)15-11-12-19-21(13-15)24-20-10-6-5-8-17(20)16-7-3-4-9-18(16)22(24)23-19;1-2-9-16-14(7-1)15-8-5-6-13-12-21-17-10-3-4-11-18(17)22(16)20(21)19(13)15;1-2-9-15-13(7-1)14-8-3-5-11-17(14)21-18-12-6-4-10-16(18)20-19(15)21;1-2-7-14(8-3-1)15-9-6-10-16(13-15)17-11-4-5-12-18-17;16-10-5-6-12-13(9-10)11-3-1-2-4-14(11)18-8-7-17-15(12)18;1-2-7-13-11(5-1)12-6-3-4-8-14(12)17-10-9-16-15(13)17;;;;;/h3-8,10-14H,1-2H3;1-11H,12H2;1-8,10-12H;1-9,11-13H;1-5,7-9H;1-6,8-10H;;;;;/q-1;+1;4*-1;;;;;. The van der Waals surface area contributed by atoms with E-state index in [1.165, 1.54) is 121 Å². The van der Waals surface area contributed by atoms with Crippen molar-refractivity contribution in [1.82, 2.24) is 46.9 Å². The minimum atomic E-state index is -0.274. The van der Waals surface area contributed by atoms with E-state index < -0.39 is 0 Å². The van der Waals surface area contributed by atoms with Crippen LogP contribution < -0.4 is 4.57 Å². The summed E-state index contributed by atoms with van der Waals surface area (Å²) in [5, 5.41) is 17.4. The third kappa shape index (κ3) is 14.9. The molecule has 12 heterocycles. The van der Waals surface area contributed by atoms with Gasteiger partial charge in [-0.25, -0.2) is 4.57 Å². The van der Waals surface area contributed by atoms with Gasteiger partial charge in [0.05, 0.1) is 50.0 Å². The van der Waals surface area contributed by atoms with E-state index in [9.17, 15) is 4.39 Å². The zero-order valence-corrected chi connectivity index (χ0v) is 78.9. The molecule has 27 rings (SSSR count). The first-order chi connectivity index (χ1) is 59.3. The molecule has 1 aliphatic heterocycles. The van der Waals surface area contributed by atoms with Crippen LogP contribution in [0, 0.1) is 36.1 Å². The molecule has 0 aliphatic carbocycles. The number of pyridine rings is 6. The second kappa shape index (κ2) is 36.0. The monoisotopic (exact) mass is 2500 g/mol. The fraction of sp³-hybridized carbons (Fsp3) is 0.0370. The number of fused-ring (bicyclic) bond motifs is 34. The molecule has 0 unspecified atom stereocenters. The molecule has 0 amide bonds. The molecule has 0 saturated carbocycles. The molecule has 26 aromatic rings. The summed E-state index contributed by atoms with van der Waals surface area (Å²) in [5.41, 5.74) is 25.1. The molecular weight excluding hydrogens is 2430 g/mol. The maximum atomic E-state index is 13.4. The number of benzene rings is 15. The van der Waals surface area contributed by atoms with E-state index in [1.54, 1.807) is 18.5 Å². The van der Waals surface area contributed by atoms with Crippen LogP contribution in [-0.4, -0.2) is 46.9 Å². The van der Waals surface area contributed by atoms with Gasteiger partial charge < -0.3 is 22.6 Å². The van der Waals surface area contributed by atoms with E-state index in [0.29, 0.717) is 5.92 Å². The summed E-state index contributed by atoms with van der Waals surface area (Å²) < 4.78 is 27.0. The number of aromatic nitrogens is 11. The Morgan fingerprint density at radius 1 is 0.336 bits per heavy atom. The molecule has 0 fully saturated rings. The third-order valence-electron chi connectivity index (χ3n) is 23.2. The van der Waals surface area contributed by atoms with Gasteiger partial charge in [0.2, 0.25) is 0 Å². The summed E-state index contributed by atoms with van der Waals surface area (Å²) in [7, 11) is 0. The second-order valence-electron chi connectivity index (χ2n) is 30.4. The smallest absolute Gasteiger partial charge is 0.296 e.